The van der Waals surface area contributed by atoms with E-state index in [4.69, 9.17) is 5.73 Å². The molecular weight excluding hydrogens is 279 g/mol. The molecule has 114 valence electrons. The first-order valence-corrected chi connectivity index (χ1v) is 7.21. The largest absolute Gasteiger partial charge is 0.406 e. The van der Waals surface area contributed by atoms with Crippen molar-refractivity contribution in [1.29, 1.82) is 0 Å². The Kier molecular flexibility index (Phi) is 3.65. The number of aromatic nitrogens is 2. The molecule has 1 fully saturated rings. The summed E-state index contributed by atoms with van der Waals surface area (Å²) in [5, 5.41) is 0. The molecule has 1 saturated carbocycles. The summed E-state index contributed by atoms with van der Waals surface area (Å²) in [7, 11) is 0. The average molecular weight is 297 g/mol. The summed E-state index contributed by atoms with van der Waals surface area (Å²) in [5.41, 5.74) is 7.07. The van der Waals surface area contributed by atoms with Crippen LogP contribution in [-0.4, -0.2) is 21.8 Å². The maximum atomic E-state index is 12.9. The van der Waals surface area contributed by atoms with Crippen LogP contribution in [0, 0.1) is 0 Å². The second kappa shape index (κ2) is 5.33. The first-order valence-electron chi connectivity index (χ1n) is 7.21. The third-order valence-corrected chi connectivity index (χ3v) is 4.16. The lowest BCUT2D eigenvalue weighted by Crippen LogP contribution is -2.28. The second-order valence-electron chi connectivity index (χ2n) is 5.77. The van der Waals surface area contributed by atoms with E-state index in [0.29, 0.717) is 16.9 Å². The molecule has 3 rings (SSSR count). The van der Waals surface area contributed by atoms with Gasteiger partial charge in [0.15, 0.2) is 0 Å². The Morgan fingerprint density at radius 1 is 1.14 bits per heavy atom. The van der Waals surface area contributed by atoms with Crippen molar-refractivity contribution < 1.29 is 13.2 Å². The topological polar surface area (TPSA) is 43.8 Å². The molecule has 0 bridgehead atoms. The molecule has 0 saturated heterocycles. The van der Waals surface area contributed by atoms with Gasteiger partial charge in [0, 0.05) is 12.0 Å². The average Bonchev–Trinajstić information content (AvgIpc) is 2.77. The van der Waals surface area contributed by atoms with Gasteiger partial charge in [0.1, 0.15) is 12.4 Å². The number of hydrogen-bond acceptors (Lipinski definition) is 2. The molecule has 1 aliphatic carbocycles. The zero-order valence-electron chi connectivity index (χ0n) is 11.6. The van der Waals surface area contributed by atoms with Gasteiger partial charge in [0.2, 0.25) is 0 Å². The van der Waals surface area contributed by atoms with E-state index >= 15 is 0 Å². The number of alkyl halides is 3. The summed E-state index contributed by atoms with van der Waals surface area (Å²) in [6.45, 7) is -0.981. The number of fused-ring (bicyclic) bond motifs is 1. The normalized spacial score (nSPS) is 23.6. The molecule has 0 radical (unpaired) electrons. The van der Waals surface area contributed by atoms with E-state index in [2.05, 4.69) is 4.98 Å². The highest BCUT2D eigenvalue weighted by molar-refractivity contribution is 5.76. The number of halogens is 3. The Morgan fingerprint density at radius 2 is 1.81 bits per heavy atom. The van der Waals surface area contributed by atoms with E-state index < -0.39 is 12.7 Å². The Labute approximate surface area is 121 Å². The Morgan fingerprint density at radius 3 is 2.48 bits per heavy atom. The van der Waals surface area contributed by atoms with Gasteiger partial charge in [-0.05, 0) is 37.8 Å². The van der Waals surface area contributed by atoms with Crippen LogP contribution in [0.25, 0.3) is 11.0 Å². The van der Waals surface area contributed by atoms with Gasteiger partial charge in [0.25, 0.3) is 0 Å². The predicted octanol–water partition coefficient (Wildman–Crippen LogP) is 3.58. The zero-order valence-corrected chi connectivity index (χ0v) is 11.6. The SMILES string of the molecule is NC1CCC(c2nc3ccccc3n2CC(F)(F)F)CC1. The Hall–Kier alpha value is -1.56. The maximum absolute atomic E-state index is 12.9. The summed E-state index contributed by atoms with van der Waals surface area (Å²) in [6, 6.07) is 7.18. The van der Waals surface area contributed by atoms with Crippen molar-refractivity contribution in [2.75, 3.05) is 0 Å². The number of rotatable bonds is 2. The van der Waals surface area contributed by atoms with Crippen molar-refractivity contribution in [3.8, 4) is 0 Å². The smallest absolute Gasteiger partial charge is 0.328 e. The number of benzene rings is 1. The van der Waals surface area contributed by atoms with E-state index in [0.717, 1.165) is 25.7 Å². The molecule has 1 aromatic carbocycles. The molecule has 1 aliphatic rings. The van der Waals surface area contributed by atoms with Gasteiger partial charge < -0.3 is 10.3 Å². The van der Waals surface area contributed by atoms with E-state index in [1.54, 1.807) is 24.3 Å². The molecular formula is C15H18F3N3. The van der Waals surface area contributed by atoms with Gasteiger partial charge in [-0.15, -0.1) is 0 Å². The van der Waals surface area contributed by atoms with Crippen molar-refractivity contribution in [2.24, 2.45) is 5.73 Å². The van der Waals surface area contributed by atoms with Crippen molar-refractivity contribution in [1.82, 2.24) is 9.55 Å². The van der Waals surface area contributed by atoms with Gasteiger partial charge in [-0.2, -0.15) is 13.2 Å². The fourth-order valence-electron chi connectivity index (χ4n) is 3.13. The van der Waals surface area contributed by atoms with Crippen molar-refractivity contribution >= 4 is 11.0 Å². The van der Waals surface area contributed by atoms with Crippen molar-refractivity contribution in [2.45, 2.75) is 50.4 Å². The van der Waals surface area contributed by atoms with Crippen molar-refractivity contribution in [3.63, 3.8) is 0 Å². The third kappa shape index (κ3) is 3.05. The summed E-state index contributed by atoms with van der Waals surface area (Å²) < 4.78 is 40.0. The molecule has 0 aliphatic heterocycles. The third-order valence-electron chi connectivity index (χ3n) is 4.16. The number of para-hydroxylation sites is 2. The lowest BCUT2D eigenvalue weighted by atomic mass is 9.86. The molecule has 21 heavy (non-hydrogen) atoms. The zero-order chi connectivity index (χ0) is 15.0. The number of nitrogens with zero attached hydrogens (tertiary/aromatic N) is 2. The van der Waals surface area contributed by atoms with Crippen LogP contribution in [0.1, 0.15) is 37.4 Å². The molecule has 2 aromatic rings. The molecule has 0 unspecified atom stereocenters. The van der Waals surface area contributed by atoms with Crippen LogP contribution in [0.5, 0.6) is 0 Å². The fraction of sp³-hybridized carbons (Fsp3) is 0.533. The van der Waals surface area contributed by atoms with Crippen LogP contribution in [0.4, 0.5) is 13.2 Å². The van der Waals surface area contributed by atoms with Crippen LogP contribution < -0.4 is 5.73 Å². The second-order valence-corrected chi connectivity index (χ2v) is 5.77. The summed E-state index contributed by atoms with van der Waals surface area (Å²) in [6.07, 6.45) is -0.937. The molecule has 0 spiro atoms. The minimum absolute atomic E-state index is 0.0690. The number of hydrogen-bond donors (Lipinski definition) is 1. The van der Waals surface area contributed by atoms with E-state index in [1.807, 2.05) is 0 Å². The van der Waals surface area contributed by atoms with Crippen molar-refractivity contribution in [3.05, 3.63) is 30.1 Å². The summed E-state index contributed by atoms with van der Waals surface area (Å²) in [4.78, 5) is 4.47. The molecule has 3 nitrogen and oxygen atoms in total. The van der Waals surface area contributed by atoms with Crippen LogP contribution in [-0.2, 0) is 6.54 Å². The van der Waals surface area contributed by atoms with Gasteiger partial charge in [-0.3, -0.25) is 0 Å². The van der Waals surface area contributed by atoms with Crippen LogP contribution in [0.2, 0.25) is 0 Å². The van der Waals surface area contributed by atoms with E-state index in [9.17, 15) is 13.2 Å². The Balaban J connectivity index is 2.02. The highest BCUT2D eigenvalue weighted by Gasteiger charge is 2.32. The summed E-state index contributed by atoms with van der Waals surface area (Å²) >= 11 is 0. The molecule has 6 heteroatoms. The standard InChI is InChI=1S/C15H18F3N3/c16-15(17,18)9-21-13-4-2-1-3-12(13)20-14(21)10-5-7-11(19)8-6-10/h1-4,10-11H,5-9,19H2. The fourth-order valence-corrected chi connectivity index (χ4v) is 3.13. The first-order chi connectivity index (χ1) is 9.94. The quantitative estimate of drug-likeness (QED) is 0.920. The van der Waals surface area contributed by atoms with Gasteiger partial charge in [-0.25, -0.2) is 4.98 Å². The van der Waals surface area contributed by atoms with Crippen LogP contribution in [0.3, 0.4) is 0 Å². The van der Waals surface area contributed by atoms with E-state index in [-0.39, 0.29) is 12.0 Å². The summed E-state index contributed by atoms with van der Waals surface area (Å²) in [5.74, 6) is 0.625. The predicted molar refractivity (Wildman–Crippen MR) is 75.0 cm³/mol. The molecule has 1 heterocycles. The molecule has 0 amide bonds. The first kappa shape index (κ1) is 14.4. The monoisotopic (exact) mass is 297 g/mol. The van der Waals surface area contributed by atoms with Crippen LogP contribution in [0.15, 0.2) is 24.3 Å². The highest BCUT2D eigenvalue weighted by atomic mass is 19.4. The Bertz CT molecular complexity index is 625. The highest BCUT2D eigenvalue weighted by Crippen LogP contribution is 2.35. The molecule has 0 atom stereocenters. The van der Waals surface area contributed by atoms with Gasteiger partial charge >= 0.3 is 6.18 Å². The van der Waals surface area contributed by atoms with Crippen LogP contribution >= 0.6 is 0 Å². The molecule has 2 N–H and O–H groups in total. The number of imidazole rings is 1. The van der Waals surface area contributed by atoms with Gasteiger partial charge in [-0.1, -0.05) is 12.1 Å². The minimum Gasteiger partial charge on any atom is -0.328 e. The lowest BCUT2D eigenvalue weighted by molar-refractivity contribution is -0.140. The van der Waals surface area contributed by atoms with Gasteiger partial charge in [0.05, 0.1) is 11.0 Å². The van der Waals surface area contributed by atoms with E-state index in [1.165, 1.54) is 4.57 Å². The lowest BCUT2D eigenvalue weighted by Gasteiger charge is -2.26. The number of nitrogens with two attached hydrogens (primary N) is 1. The minimum atomic E-state index is -4.25. The molecule has 1 aromatic heterocycles. The maximum Gasteiger partial charge on any atom is 0.406 e.